The molecule has 3 aromatic rings. The zero-order chi connectivity index (χ0) is 25.0. The van der Waals surface area contributed by atoms with Crippen LogP contribution in [-0.4, -0.2) is 56.4 Å². The van der Waals surface area contributed by atoms with Crippen LogP contribution in [-0.2, 0) is 22.7 Å². The molecule has 9 nitrogen and oxygen atoms in total. The lowest BCUT2D eigenvalue weighted by molar-refractivity contribution is -0.138. The van der Waals surface area contributed by atoms with Crippen LogP contribution in [0.25, 0.3) is 10.9 Å². The Morgan fingerprint density at radius 1 is 1.26 bits per heavy atom. The Kier molecular flexibility index (Phi) is 7.62. The van der Waals surface area contributed by atoms with E-state index in [0.717, 1.165) is 0 Å². The van der Waals surface area contributed by atoms with E-state index in [0.29, 0.717) is 17.2 Å². The summed E-state index contributed by atoms with van der Waals surface area (Å²) < 4.78 is 15.3. The highest BCUT2D eigenvalue weighted by Crippen LogP contribution is 2.20. The summed E-state index contributed by atoms with van der Waals surface area (Å²) in [5.74, 6) is -2.71. The summed E-state index contributed by atoms with van der Waals surface area (Å²) in [7, 11) is 0. The molecule has 0 bridgehead atoms. The molecule has 11 heteroatoms. The van der Waals surface area contributed by atoms with Crippen molar-refractivity contribution in [3.05, 3.63) is 64.1 Å². The van der Waals surface area contributed by atoms with Crippen LogP contribution in [0.15, 0.2) is 36.4 Å². The van der Waals surface area contributed by atoms with Gasteiger partial charge in [0, 0.05) is 23.5 Å². The summed E-state index contributed by atoms with van der Waals surface area (Å²) >= 11 is 5.75. The van der Waals surface area contributed by atoms with Crippen molar-refractivity contribution in [1.82, 2.24) is 20.0 Å². The van der Waals surface area contributed by atoms with E-state index in [1.54, 1.807) is 19.9 Å². The molecule has 2 aromatic carbocycles. The third-order valence-electron chi connectivity index (χ3n) is 5.19. The van der Waals surface area contributed by atoms with Gasteiger partial charge < -0.3 is 15.3 Å². The molecule has 0 saturated heterocycles. The molecule has 1 heterocycles. The Hall–Kier alpha value is -3.79. The number of carboxylic acids is 1. The van der Waals surface area contributed by atoms with Crippen LogP contribution in [0.5, 0.6) is 0 Å². The second kappa shape index (κ2) is 10.4. The number of nitrogens with zero attached hydrogens (tertiary/aromatic N) is 3. The molecule has 0 aliphatic rings. The number of nitrogens with one attached hydrogen (secondary N) is 1. The first kappa shape index (κ1) is 24.8. The largest absolute Gasteiger partial charge is 0.478 e. The normalized spacial score (nSPS) is 11.0. The Morgan fingerprint density at radius 2 is 2.00 bits per heavy atom. The van der Waals surface area contributed by atoms with Crippen molar-refractivity contribution < 1.29 is 28.7 Å². The van der Waals surface area contributed by atoms with Crippen molar-refractivity contribution in [2.24, 2.45) is 0 Å². The average Bonchev–Trinajstić information content (AvgIpc) is 3.14. The fourth-order valence-electron chi connectivity index (χ4n) is 3.41. The maximum atomic E-state index is 14.0. The van der Waals surface area contributed by atoms with Gasteiger partial charge in [-0.3, -0.25) is 19.1 Å². The van der Waals surface area contributed by atoms with E-state index in [1.165, 1.54) is 39.9 Å². The third kappa shape index (κ3) is 5.40. The van der Waals surface area contributed by atoms with Crippen LogP contribution in [0.1, 0.15) is 40.3 Å². The Morgan fingerprint density at radius 3 is 2.65 bits per heavy atom. The van der Waals surface area contributed by atoms with Crippen molar-refractivity contribution >= 4 is 46.6 Å². The van der Waals surface area contributed by atoms with Gasteiger partial charge in [0.05, 0.1) is 22.6 Å². The lowest BCUT2D eigenvalue weighted by atomic mass is 10.1. The van der Waals surface area contributed by atoms with Gasteiger partial charge in [0.1, 0.15) is 18.1 Å². The highest BCUT2D eigenvalue weighted by Gasteiger charge is 2.23. The van der Waals surface area contributed by atoms with Crippen molar-refractivity contribution in [2.45, 2.75) is 33.0 Å². The molecule has 0 aliphatic carbocycles. The number of hydrogen-bond acceptors (Lipinski definition) is 5. The van der Waals surface area contributed by atoms with E-state index in [-0.39, 0.29) is 47.5 Å². The number of halogens is 2. The maximum absolute atomic E-state index is 14.0. The van der Waals surface area contributed by atoms with Gasteiger partial charge in [-0.15, -0.1) is 0 Å². The lowest BCUT2D eigenvalue weighted by Gasteiger charge is -2.26. The number of rotatable bonds is 9. The van der Waals surface area contributed by atoms with Crippen molar-refractivity contribution in [1.29, 1.82) is 0 Å². The quantitative estimate of drug-likeness (QED) is 0.447. The molecule has 0 atom stereocenters. The number of hydrogen-bond donors (Lipinski definition) is 2. The third-order valence-corrected chi connectivity index (χ3v) is 5.48. The fourth-order valence-corrected chi connectivity index (χ4v) is 3.61. The molecule has 34 heavy (non-hydrogen) atoms. The van der Waals surface area contributed by atoms with Crippen molar-refractivity contribution in [3.63, 3.8) is 0 Å². The molecule has 2 N–H and O–H groups in total. The monoisotopic (exact) mass is 488 g/mol. The second-order valence-corrected chi connectivity index (χ2v) is 8.21. The van der Waals surface area contributed by atoms with Crippen LogP contribution in [0.4, 0.5) is 4.39 Å². The minimum atomic E-state index is -1.16. The zero-order valence-electron chi connectivity index (χ0n) is 18.4. The molecule has 1 aromatic heterocycles. The lowest BCUT2D eigenvalue weighted by Crippen LogP contribution is -2.45. The minimum Gasteiger partial charge on any atom is -0.478 e. The van der Waals surface area contributed by atoms with Crippen LogP contribution in [0.3, 0.4) is 0 Å². The Labute approximate surface area is 199 Å². The highest BCUT2D eigenvalue weighted by atomic mass is 35.5. The summed E-state index contributed by atoms with van der Waals surface area (Å²) in [5.41, 5.74) is 0.611. The van der Waals surface area contributed by atoms with E-state index >= 15 is 0 Å². The summed E-state index contributed by atoms with van der Waals surface area (Å²) in [4.78, 5) is 49.4. The number of carbonyl (C=O) groups is 4. The SMILES string of the molecule is CC(C)N(CC(=O)NCc1cccc(Cl)c1F)C(=O)Cn1nc(C=O)c2cc(C(=O)O)ccc21. The number of fused-ring (bicyclic) bond motifs is 1. The Bertz CT molecular complexity index is 1270. The standard InChI is InChI=1S/C23H22ClFN4O5/c1-13(2)28(10-20(31)26-9-15-4-3-5-17(24)22(15)25)21(32)11-29-19-7-6-14(23(33)34)8-16(19)18(12-30)27-29/h3-8,12-13H,9-11H2,1-2H3,(H,26,31)(H,33,34). The van der Waals surface area contributed by atoms with E-state index in [4.69, 9.17) is 11.6 Å². The van der Waals surface area contributed by atoms with E-state index in [1.807, 2.05) is 0 Å². The van der Waals surface area contributed by atoms with Gasteiger partial charge in [-0.25, -0.2) is 9.18 Å². The van der Waals surface area contributed by atoms with Gasteiger partial charge in [-0.1, -0.05) is 23.7 Å². The van der Waals surface area contributed by atoms with E-state index < -0.39 is 23.6 Å². The molecule has 0 spiro atoms. The van der Waals surface area contributed by atoms with Crippen LogP contribution >= 0.6 is 11.6 Å². The minimum absolute atomic E-state index is 0.00304. The van der Waals surface area contributed by atoms with Crippen LogP contribution in [0, 0.1) is 5.82 Å². The maximum Gasteiger partial charge on any atom is 0.335 e. The van der Waals surface area contributed by atoms with E-state index in [9.17, 15) is 28.7 Å². The summed E-state index contributed by atoms with van der Waals surface area (Å²) in [6.07, 6.45) is 0.484. The predicted molar refractivity (Wildman–Crippen MR) is 122 cm³/mol. The molecule has 178 valence electrons. The zero-order valence-corrected chi connectivity index (χ0v) is 19.2. The van der Waals surface area contributed by atoms with Crippen molar-refractivity contribution in [3.8, 4) is 0 Å². The number of carbonyl (C=O) groups excluding carboxylic acids is 3. The summed E-state index contributed by atoms with van der Waals surface area (Å²) in [6, 6.07) is 8.26. The summed E-state index contributed by atoms with van der Waals surface area (Å²) in [6.45, 7) is 2.83. The van der Waals surface area contributed by atoms with Gasteiger partial charge in [0.2, 0.25) is 11.8 Å². The van der Waals surface area contributed by atoms with Crippen LogP contribution in [0.2, 0.25) is 5.02 Å². The van der Waals surface area contributed by atoms with Gasteiger partial charge in [-0.05, 0) is 38.1 Å². The van der Waals surface area contributed by atoms with Gasteiger partial charge in [0.25, 0.3) is 0 Å². The number of amides is 2. The van der Waals surface area contributed by atoms with Crippen molar-refractivity contribution in [2.75, 3.05) is 6.54 Å². The molecular weight excluding hydrogens is 467 g/mol. The summed E-state index contributed by atoms with van der Waals surface area (Å²) in [5, 5.41) is 16.1. The average molecular weight is 489 g/mol. The molecule has 3 rings (SSSR count). The predicted octanol–water partition coefficient (Wildman–Crippen LogP) is 2.89. The Balaban J connectivity index is 1.74. The number of carboxylic acid groups (broad SMARTS) is 1. The highest BCUT2D eigenvalue weighted by molar-refractivity contribution is 6.30. The molecule has 0 fully saturated rings. The first-order valence-corrected chi connectivity index (χ1v) is 10.7. The molecular formula is C23H22ClFN4O5. The molecule has 0 aliphatic heterocycles. The first-order valence-electron chi connectivity index (χ1n) is 10.3. The van der Waals surface area contributed by atoms with Gasteiger partial charge in [0.15, 0.2) is 6.29 Å². The number of benzene rings is 2. The molecule has 0 unspecified atom stereocenters. The number of aromatic nitrogens is 2. The van der Waals surface area contributed by atoms with Crippen LogP contribution < -0.4 is 5.32 Å². The van der Waals surface area contributed by atoms with Gasteiger partial charge >= 0.3 is 5.97 Å². The first-order chi connectivity index (χ1) is 16.1. The number of aromatic carboxylic acids is 1. The molecule has 0 saturated carbocycles. The topological polar surface area (TPSA) is 122 Å². The van der Waals surface area contributed by atoms with E-state index in [2.05, 4.69) is 10.4 Å². The van der Waals surface area contributed by atoms with Gasteiger partial charge in [-0.2, -0.15) is 5.10 Å². The number of aldehydes is 1. The smallest absolute Gasteiger partial charge is 0.335 e. The molecule has 2 amide bonds. The fraction of sp³-hybridized carbons (Fsp3) is 0.261. The second-order valence-electron chi connectivity index (χ2n) is 7.80. The molecule has 0 radical (unpaired) electrons.